The Morgan fingerprint density at radius 1 is 1.37 bits per heavy atom. The maximum absolute atomic E-state index is 12.3. The number of nitrogens with zero attached hydrogens (tertiary/aromatic N) is 5. The van der Waals surface area contributed by atoms with Crippen molar-refractivity contribution in [2.75, 3.05) is 5.32 Å². The molecule has 0 saturated heterocycles. The molecule has 0 aliphatic heterocycles. The summed E-state index contributed by atoms with van der Waals surface area (Å²) in [4.78, 5) is 24.6. The number of hydrogen-bond acceptors (Lipinski definition) is 7. The van der Waals surface area contributed by atoms with E-state index in [0.717, 1.165) is 0 Å². The van der Waals surface area contributed by atoms with Crippen LogP contribution in [-0.4, -0.2) is 35.9 Å². The summed E-state index contributed by atoms with van der Waals surface area (Å²) in [6.07, 6.45) is 3.07. The van der Waals surface area contributed by atoms with Gasteiger partial charge in [0.2, 0.25) is 0 Å². The molecule has 140 valence electrons. The average molecular weight is 389 g/mol. The van der Waals surface area contributed by atoms with Gasteiger partial charge in [0.1, 0.15) is 17.1 Å². The van der Waals surface area contributed by atoms with Crippen LogP contribution in [0.15, 0.2) is 30.7 Å². The minimum absolute atomic E-state index is 0.0151. The van der Waals surface area contributed by atoms with Crippen LogP contribution in [0.25, 0.3) is 11.4 Å². The van der Waals surface area contributed by atoms with Crippen molar-refractivity contribution >= 4 is 23.5 Å². The summed E-state index contributed by atoms with van der Waals surface area (Å²) in [6, 6.07) is 3.44. The topological polar surface area (TPSA) is 115 Å². The summed E-state index contributed by atoms with van der Waals surface area (Å²) in [5.41, 5.74) is 1.50. The van der Waals surface area contributed by atoms with E-state index in [4.69, 9.17) is 16.3 Å². The van der Waals surface area contributed by atoms with Gasteiger partial charge in [-0.3, -0.25) is 10.00 Å². The van der Waals surface area contributed by atoms with Crippen molar-refractivity contribution in [2.24, 2.45) is 7.05 Å². The Morgan fingerprint density at radius 3 is 2.85 bits per heavy atom. The number of hydrogen-bond donors (Lipinski definition) is 2. The molecule has 1 atom stereocenters. The Morgan fingerprint density at radius 2 is 2.15 bits per heavy atom. The molecular weight excluding hydrogens is 372 g/mol. The standard InChI is InChI=1S/C17H17ClN6O3/c1-9-13(25)8-20-15(22-9)12-7-21-24(3)16(12)23-17(26)27-10(2)11-5-4-6-19-14(11)18/h4-8,10,25H,1-3H3,(H,23,26)/t10-/m1/s1. The summed E-state index contributed by atoms with van der Waals surface area (Å²) < 4.78 is 6.85. The maximum atomic E-state index is 12.3. The summed E-state index contributed by atoms with van der Waals surface area (Å²) in [6.45, 7) is 3.34. The fourth-order valence-corrected chi connectivity index (χ4v) is 2.66. The van der Waals surface area contributed by atoms with Gasteiger partial charge in [0.05, 0.1) is 23.7 Å². The SMILES string of the molecule is Cc1nc(-c2cnn(C)c2NC(=O)O[C@H](C)c2cccnc2Cl)ncc1O. The Bertz CT molecular complexity index is 991. The summed E-state index contributed by atoms with van der Waals surface area (Å²) in [5, 5.41) is 16.6. The van der Waals surface area contributed by atoms with Crippen LogP contribution < -0.4 is 5.32 Å². The fraction of sp³-hybridized carbons (Fsp3) is 0.235. The number of halogens is 1. The van der Waals surface area contributed by atoms with Crippen molar-refractivity contribution in [2.45, 2.75) is 20.0 Å². The number of aryl methyl sites for hydroxylation is 2. The van der Waals surface area contributed by atoms with Gasteiger partial charge in [-0.1, -0.05) is 17.7 Å². The number of pyridine rings is 1. The highest BCUT2D eigenvalue weighted by molar-refractivity contribution is 6.30. The van der Waals surface area contributed by atoms with E-state index in [0.29, 0.717) is 28.5 Å². The molecule has 0 aromatic carbocycles. The molecule has 2 N–H and O–H groups in total. The zero-order valence-corrected chi connectivity index (χ0v) is 15.6. The lowest BCUT2D eigenvalue weighted by molar-refractivity contribution is 0.121. The van der Waals surface area contributed by atoms with Gasteiger partial charge >= 0.3 is 6.09 Å². The first kappa shape index (κ1) is 18.6. The van der Waals surface area contributed by atoms with Crippen LogP contribution in [0.1, 0.15) is 24.3 Å². The highest BCUT2D eigenvalue weighted by atomic mass is 35.5. The molecule has 3 heterocycles. The molecule has 0 spiro atoms. The third kappa shape index (κ3) is 3.98. The molecule has 0 bridgehead atoms. The van der Waals surface area contributed by atoms with Crippen molar-refractivity contribution in [3.8, 4) is 17.1 Å². The zero-order valence-electron chi connectivity index (χ0n) is 14.8. The zero-order chi connectivity index (χ0) is 19.6. The van der Waals surface area contributed by atoms with Crippen molar-refractivity contribution in [3.63, 3.8) is 0 Å². The third-order valence-electron chi connectivity index (χ3n) is 3.86. The number of amides is 1. The molecule has 0 radical (unpaired) electrons. The lowest BCUT2D eigenvalue weighted by Gasteiger charge is -2.15. The first-order valence-corrected chi connectivity index (χ1v) is 8.37. The second-order valence-corrected chi connectivity index (χ2v) is 6.11. The van der Waals surface area contributed by atoms with E-state index in [1.165, 1.54) is 17.1 Å². The highest BCUT2D eigenvalue weighted by Crippen LogP contribution is 2.27. The highest BCUT2D eigenvalue weighted by Gasteiger charge is 2.20. The largest absolute Gasteiger partial charge is 0.504 e. The minimum atomic E-state index is -0.692. The summed E-state index contributed by atoms with van der Waals surface area (Å²) in [7, 11) is 1.66. The van der Waals surface area contributed by atoms with Gasteiger partial charge in [0, 0.05) is 18.8 Å². The number of carbonyl (C=O) groups is 1. The molecule has 0 fully saturated rings. The number of carbonyl (C=O) groups excluding carboxylic acids is 1. The average Bonchev–Trinajstić information content (AvgIpc) is 2.98. The van der Waals surface area contributed by atoms with E-state index in [-0.39, 0.29) is 10.9 Å². The van der Waals surface area contributed by atoms with Crippen molar-refractivity contribution in [3.05, 3.63) is 47.1 Å². The number of aromatic nitrogens is 5. The molecule has 10 heteroatoms. The van der Waals surface area contributed by atoms with Crippen LogP contribution in [0.4, 0.5) is 10.6 Å². The monoisotopic (exact) mass is 388 g/mol. The predicted molar refractivity (Wildman–Crippen MR) is 98.4 cm³/mol. The van der Waals surface area contributed by atoms with Crippen molar-refractivity contribution in [1.29, 1.82) is 0 Å². The van der Waals surface area contributed by atoms with E-state index < -0.39 is 12.2 Å². The lowest BCUT2D eigenvalue weighted by atomic mass is 10.2. The molecule has 3 rings (SSSR count). The third-order valence-corrected chi connectivity index (χ3v) is 4.18. The maximum Gasteiger partial charge on any atom is 0.413 e. The van der Waals surface area contributed by atoms with E-state index in [1.54, 1.807) is 39.2 Å². The van der Waals surface area contributed by atoms with Crippen LogP contribution in [-0.2, 0) is 11.8 Å². The van der Waals surface area contributed by atoms with Crippen LogP contribution in [0, 0.1) is 6.92 Å². The molecule has 1 amide bonds. The molecule has 0 saturated carbocycles. The fourth-order valence-electron chi connectivity index (χ4n) is 2.39. The Labute approximate surface area is 160 Å². The molecule has 27 heavy (non-hydrogen) atoms. The van der Waals surface area contributed by atoms with E-state index in [1.807, 2.05) is 0 Å². The number of anilines is 1. The molecule has 0 aliphatic carbocycles. The van der Waals surface area contributed by atoms with Gasteiger partial charge in [-0.2, -0.15) is 5.10 Å². The van der Waals surface area contributed by atoms with Crippen LogP contribution in [0.2, 0.25) is 5.15 Å². The molecule has 0 aliphatic rings. The molecule has 9 nitrogen and oxygen atoms in total. The predicted octanol–water partition coefficient (Wildman–Crippen LogP) is 3.25. The first-order chi connectivity index (χ1) is 12.9. The molecule has 0 unspecified atom stereocenters. The normalized spacial score (nSPS) is 11.9. The van der Waals surface area contributed by atoms with Crippen LogP contribution in [0.3, 0.4) is 0 Å². The number of aromatic hydroxyl groups is 1. The second-order valence-electron chi connectivity index (χ2n) is 5.75. The lowest BCUT2D eigenvalue weighted by Crippen LogP contribution is -2.18. The Hall–Kier alpha value is -3.20. The van der Waals surface area contributed by atoms with Crippen molar-refractivity contribution in [1.82, 2.24) is 24.7 Å². The minimum Gasteiger partial charge on any atom is -0.504 e. The first-order valence-electron chi connectivity index (χ1n) is 8.00. The second kappa shape index (κ2) is 7.58. The smallest absolute Gasteiger partial charge is 0.413 e. The van der Waals surface area contributed by atoms with E-state index >= 15 is 0 Å². The summed E-state index contributed by atoms with van der Waals surface area (Å²) in [5.74, 6) is 0.658. The van der Waals surface area contributed by atoms with Gasteiger partial charge in [0.25, 0.3) is 0 Å². The number of ether oxygens (including phenoxy) is 1. The Kier molecular flexibility index (Phi) is 5.22. The Balaban J connectivity index is 1.79. The molecule has 3 aromatic rings. The number of rotatable bonds is 4. The van der Waals surface area contributed by atoms with E-state index in [2.05, 4.69) is 25.4 Å². The molecule has 3 aromatic heterocycles. The van der Waals surface area contributed by atoms with Gasteiger partial charge in [0.15, 0.2) is 11.6 Å². The van der Waals surface area contributed by atoms with Gasteiger partial charge in [-0.15, -0.1) is 0 Å². The summed E-state index contributed by atoms with van der Waals surface area (Å²) >= 11 is 6.03. The molecular formula is C17H17ClN6O3. The quantitative estimate of drug-likeness (QED) is 0.659. The van der Waals surface area contributed by atoms with Gasteiger partial charge in [-0.05, 0) is 19.9 Å². The van der Waals surface area contributed by atoms with Crippen LogP contribution in [0.5, 0.6) is 5.75 Å². The van der Waals surface area contributed by atoms with Gasteiger partial charge < -0.3 is 9.84 Å². The van der Waals surface area contributed by atoms with E-state index in [9.17, 15) is 9.90 Å². The number of nitrogens with one attached hydrogen (secondary N) is 1. The van der Waals surface area contributed by atoms with Crippen LogP contribution >= 0.6 is 11.6 Å². The van der Waals surface area contributed by atoms with Crippen molar-refractivity contribution < 1.29 is 14.6 Å². The van der Waals surface area contributed by atoms with Gasteiger partial charge in [-0.25, -0.2) is 19.7 Å².